The summed E-state index contributed by atoms with van der Waals surface area (Å²) in [6.45, 7) is 0.272. The number of carboxylic acids is 1. The number of primary amides is 1. The summed E-state index contributed by atoms with van der Waals surface area (Å²) in [5.41, 5.74) is 7.76. The Balaban J connectivity index is 0.000000182. The second-order valence-corrected chi connectivity index (χ2v) is 9.09. The first kappa shape index (κ1) is 23.2. The number of amides is 1. The van der Waals surface area contributed by atoms with Crippen molar-refractivity contribution in [1.29, 1.82) is 0 Å². The van der Waals surface area contributed by atoms with E-state index in [0.29, 0.717) is 18.4 Å². The number of sulfonamides is 1. The standard InChI is InChI=1S/C13H11NO.C11H13NO4S/c14-13(15)12-9-5-4-8-11(12)10-6-2-1-3-7-10;13-11(14)10-7-4-8-12(10)17(15,16)9-5-2-1-3-6-9/h1-9H,(H2,14,15);1-3,5-6,10H,4,7-8H2,(H,13,14)/t;10-/m.0/s1. The van der Waals surface area contributed by atoms with Crippen LogP contribution in [-0.4, -0.2) is 42.3 Å². The van der Waals surface area contributed by atoms with E-state index in [-0.39, 0.29) is 11.4 Å². The third-order valence-corrected chi connectivity index (χ3v) is 7.04. The van der Waals surface area contributed by atoms with E-state index in [1.54, 1.807) is 24.3 Å². The average molecular weight is 453 g/mol. The van der Waals surface area contributed by atoms with Crippen molar-refractivity contribution in [3.05, 3.63) is 90.5 Å². The normalized spacial score (nSPS) is 16.1. The Morgan fingerprint density at radius 2 is 1.44 bits per heavy atom. The minimum absolute atomic E-state index is 0.146. The first-order valence-corrected chi connectivity index (χ1v) is 11.5. The summed E-state index contributed by atoms with van der Waals surface area (Å²) in [4.78, 5) is 22.3. The van der Waals surface area contributed by atoms with Gasteiger partial charge < -0.3 is 10.8 Å². The molecule has 0 aliphatic carbocycles. The molecule has 0 bridgehead atoms. The summed E-state index contributed by atoms with van der Waals surface area (Å²) in [5.74, 6) is -1.48. The zero-order valence-corrected chi connectivity index (χ0v) is 18.1. The number of rotatable bonds is 5. The number of carboxylic acid groups (broad SMARTS) is 1. The molecule has 1 amide bonds. The largest absolute Gasteiger partial charge is 0.480 e. The Morgan fingerprint density at radius 3 is 2.03 bits per heavy atom. The van der Waals surface area contributed by atoms with E-state index in [1.807, 2.05) is 48.5 Å². The number of aliphatic carboxylic acids is 1. The van der Waals surface area contributed by atoms with Gasteiger partial charge in [-0.25, -0.2) is 8.42 Å². The van der Waals surface area contributed by atoms with Gasteiger partial charge in [0.05, 0.1) is 4.90 Å². The SMILES string of the molecule is NC(=O)c1ccccc1-c1ccccc1.O=C(O)[C@@H]1CCCN1S(=O)(=O)c1ccccc1. The molecule has 4 rings (SSSR count). The molecule has 0 aromatic heterocycles. The number of carbonyl (C=O) groups excluding carboxylic acids is 1. The van der Waals surface area contributed by atoms with Gasteiger partial charge in [0.25, 0.3) is 0 Å². The van der Waals surface area contributed by atoms with Crippen LogP contribution in [0.2, 0.25) is 0 Å². The van der Waals surface area contributed by atoms with Crippen molar-refractivity contribution in [1.82, 2.24) is 4.31 Å². The first-order chi connectivity index (χ1) is 15.3. The molecule has 0 unspecified atom stereocenters. The van der Waals surface area contributed by atoms with Gasteiger partial charge in [0, 0.05) is 12.1 Å². The van der Waals surface area contributed by atoms with Crippen molar-refractivity contribution in [3.8, 4) is 11.1 Å². The summed E-state index contributed by atoms with van der Waals surface area (Å²) >= 11 is 0. The van der Waals surface area contributed by atoms with E-state index in [9.17, 15) is 18.0 Å². The zero-order chi connectivity index (χ0) is 23.1. The Bertz CT molecular complexity index is 1180. The second-order valence-electron chi connectivity index (χ2n) is 7.20. The average Bonchev–Trinajstić information content (AvgIpc) is 3.32. The smallest absolute Gasteiger partial charge is 0.322 e. The van der Waals surface area contributed by atoms with Gasteiger partial charge in [-0.15, -0.1) is 0 Å². The van der Waals surface area contributed by atoms with Crippen molar-refractivity contribution in [3.63, 3.8) is 0 Å². The van der Waals surface area contributed by atoms with Crippen molar-refractivity contribution in [2.24, 2.45) is 5.73 Å². The predicted octanol–water partition coefficient (Wildman–Crippen LogP) is 3.38. The third kappa shape index (κ3) is 5.22. The highest BCUT2D eigenvalue weighted by Gasteiger charge is 2.39. The Morgan fingerprint density at radius 1 is 0.875 bits per heavy atom. The van der Waals surface area contributed by atoms with Gasteiger partial charge in [0.1, 0.15) is 6.04 Å². The maximum atomic E-state index is 12.2. The van der Waals surface area contributed by atoms with Crippen LogP contribution in [0.1, 0.15) is 23.2 Å². The van der Waals surface area contributed by atoms with Gasteiger partial charge in [-0.05, 0) is 42.2 Å². The summed E-state index contributed by atoms with van der Waals surface area (Å²) in [5, 5.41) is 8.99. The lowest BCUT2D eigenvalue weighted by Gasteiger charge is -2.20. The second kappa shape index (κ2) is 10.2. The molecule has 0 radical (unpaired) electrons. The van der Waals surface area contributed by atoms with Crippen molar-refractivity contribution < 1.29 is 23.1 Å². The predicted molar refractivity (Wildman–Crippen MR) is 121 cm³/mol. The van der Waals surface area contributed by atoms with Gasteiger partial charge in [-0.1, -0.05) is 66.7 Å². The lowest BCUT2D eigenvalue weighted by Crippen LogP contribution is -2.40. The van der Waals surface area contributed by atoms with Crippen LogP contribution in [0, 0.1) is 0 Å². The molecule has 3 aromatic rings. The molecule has 166 valence electrons. The molecule has 7 nitrogen and oxygen atoms in total. The van der Waals surface area contributed by atoms with E-state index in [2.05, 4.69) is 0 Å². The fourth-order valence-electron chi connectivity index (χ4n) is 3.57. The van der Waals surface area contributed by atoms with Crippen LogP contribution in [-0.2, 0) is 14.8 Å². The van der Waals surface area contributed by atoms with Crippen LogP contribution in [0.4, 0.5) is 0 Å². The lowest BCUT2D eigenvalue weighted by molar-refractivity contribution is -0.140. The fraction of sp³-hybridized carbons (Fsp3) is 0.167. The van der Waals surface area contributed by atoms with Gasteiger partial charge in [0.15, 0.2) is 0 Å². The van der Waals surface area contributed by atoms with E-state index >= 15 is 0 Å². The van der Waals surface area contributed by atoms with Crippen LogP contribution < -0.4 is 5.73 Å². The molecule has 3 N–H and O–H groups in total. The van der Waals surface area contributed by atoms with Crippen molar-refractivity contribution in [2.45, 2.75) is 23.8 Å². The number of nitrogens with zero attached hydrogens (tertiary/aromatic N) is 1. The molecule has 1 atom stereocenters. The van der Waals surface area contributed by atoms with Gasteiger partial charge in [0.2, 0.25) is 15.9 Å². The molecule has 0 saturated carbocycles. The summed E-state index contributed by atoms with van der Waals surface area (Å²) in [6.07, 6.45) is 0.963. The number of hydrogen-bond donors (Lipinski definition) is 2. The highest BCUT2D eigenvalue weighted by Crippen LogP contribution is 2.26. The Hall–Kier alpha value is -3.49. The van der Waals surface area contributed by atoms with Crippen LogP contribution in [0.5, 0.6) is 0 Å². The monoisotopic (exact) mass is 452 g/mol. The first-order valence-electron chi connectivity index (χ1n) is 10.1. The van der Waals surface area contributed by atoms with Gasteiger partial charge >= 0.3 is 5.97 Å². The molecule has 8 heteroatoms. The fourth-order valence-corrected chi connectivity index (χ4v) is 5.24. The van der Waals surface area contributed by atoms with E-state index < -0.39 is 27.9 Å². The molecule has 1 saturated heterocycles. The maximum absolute atomic E-state index is 12.2. The zero-order valence-electron chi connectivity index (χ0n) is 17.3. The highest BCUT2D eigenvalue weighted by atomic mass is 32.2. The molecule has 1 fully saturated rings. The minimum atomic E-state index is -3.68. The molecule has 1 aliphatic heterocycles. The van der Waals surface area contributed by atoms with Gasteiger partial charge in [-0.2, -0.15) is 4.31 Å². The summed E-state index contributed by atoms with van der Waals surface area (Å²) in [6, 6.07) is 24.1. The lowest BCUT2D eigenvalue weighted by atomic mass is 9.99. The third-order valence-electron chi connectivity index (χ3n) is 5.12. The Kier molecular flexibility index (Phi) is 7.40. The van der Waals surface area contributed by atoms with Crippen LogP contribution in [0.15, 0.2) is 89.8 Å². The highest BCUT2D eigenvalue weighted by molar-refractivity contribution is 7.89. The molecule has 3 aromatic carbocycles. The number of hydrogen-bond acceptors (Lipinski definition) is 4. The molecular weight excluding hydrogens is 428 g/mol. The Labute approximate surface area is 187 Å². The molecule has 1 aliphatic rings. The summed E-state index contributed by atoms with van der Waals surface area (Å²) in [7, 11) is -3.68. The topological polar surface area (TPSA) is 118 Å². The maximum Gasteiger partial charge on any atom is 0.322 e. The van der Waals surface area contributed by atoms with Crippen molar-refractivity contribution in [2.75, 3.05) is 6.54 Å². The summed E-state index contributed by atoms with van der Waals surface area (Å²) < 4.78 is 25.5. The number of benzene rings is 3. The molecular formula is C24H24N2O5S. The molecule has 0 spiro atoms. The van der Waals surface area contributed by atoms with E-state index in [4.69, 9.17) is 10.8 Å². The number of nitrogens with two attached hydrogens (primary N) is 1. The van der Waals surface area contributed by atoms with Gasteiger partial charge in [-0.3, -0.25) is 9.59 Å². The number of carbonyl (C=O) groups is 2. The molecule has 1 heterocycles. The van der Waals surface area contributed by atoms with Crippen molar-refractivity contribution >= 4 is 21.9 Å². The van der Waals surface area contributed by atoms with Crippen LogP contribution in [0.25, 0.3) is 11.1 Å². The van der Waals surface area contributed by atoms with Crippen LogP contribution >= 0.6 is 0 Å². The quantitative estimate of drug-likeness (QED) is 0.615. The van der Waals surface area contributed by atoms with Crippen LogP contribution in [0.3, 0.4) is 0 Å². The minimum Gasteiger partial charge on any atom is -0.480 e. The van der Waals surface area contributed by atoms with E-state index in [0.717, 1.165) is 15.4 Å². The van der Waals surface area contributed by atoms with E-state index in [1.165, 1.54) is 12.1 Å². The molecule has 32 heavy (non-hydrogen) atoms.